The van der Waals surface area contributed by atoms with Gasteiger partial charge in [-0.15, -0.1) is 0 Å². The van der Waals surface area contributed by atoms with Crippen LogP contribution in [0.1, 0.15) is 24.1 Å². The molecule has 4 heterocycles. The summed E-state index contributed by atoms with van der Waals surface area (Å²) in [5.74, 6) is 0.0731. The number of rotatable bonds is 3. The van der Waals surface area contributed by atoms with E-state index < -0.39 is 5.54 Å². The van der Waals surface area contributed by atoms with Gasteiger partial charge in [-0.1, -0.05) is 41.4 Å². The summed E-state index contributed by atoms with van der Waals surface area (Å²) < 4.78 is 15.9. The molecule has 0 atom stereocenters. The number of halogens is 3. The van der Waals surface area contributed by atoms with Crippen molar-refractivity contribution in [2.75, 3.05) is 18.0 Å². The highest BCUT2D eigenvalue weighted by Crippen LogP contribution is 2.40. The number of nitrogens with one attached hydrogen (secondary N) is 1. The molecule has 1 fully saturated rings. The second-order valence-corrected chi connectivity index (χ2v) is 9.87. The first kappa shape index (κ1) is 23.6. The minimum absolute atomic E-state index is 0.163. The van der Waals surface area contributed by atoms with Crippen LogP contribution >= 0.6 is 23.2 Å². The first-order chi connectivity index (χ1) is 17.8. The molecule has 3 N–H and O–H groups in total. The van der Waals surface area contributed by atoms with Gasteiger partial charge in [0.1, 0.15) is 22.7 Å². The Kier molecular flexibility index (Phi) is 5.53. The van der Waals surface area contributed by atoms with E-state index in [-0.39, 0.29) is 11.5 Å². The summed E-state index contributed by atoms with van der Waals surface area (Å²) >= 11 is 13.1. The Morgan fingerprint density at radius 2 is 1.86 bits per heavy atom. The Labute approximate surface area is 220 Å². The van der Waals surface area contributed by atoms with Crippen molar-refractivity contribution in [2.24, 2.45) is 12.8 Å². The molecular weight excluding hydrogens is 516 g/mol. The van der Waals surface area contributed by atoms with Crippen LogP contribution in [0, 0.1) is 17.1 Å². The number of anilines is 1. The maximum absolute atomic E-state index is 14.4. The van der Waals surface area contributed by atoms with Crippen LogP contribution in [-0.2, 0) is 12.6 Å². The Hall–Kier alpha value is -3.78. The minimum Gasteiger partial charge on any atom is -0.341 e. The molecule has 0 unspecified atom stereocenters. The monoisotopic (exact) mass is 535 g/mol. The maximum atomic E-state index is 14.4. The molecule has 9 nitrogen and oxygen atoms in total. The van der Waals surface area contributed by atoms with E-state index in [0.29, 0.717) is 80.8 Å². The smallest absolute Gasteiger partial charge is 0.228 e. The summed E-state index contributed by atoms with van der Waals surface area (Å²) in [6, 6.07) is 12.3. The molecule has 0 amide bonds. The highest BCUT2D eigenvalue weighted by atomic mass is 35.5. The molecule has 1 aliphatic heterocycles. The van der Waals surface area contributed by atoms with Crippen LogP contribution in [0.4, 0.5) is 10.3 Å². The van der Waals surface area contributed by atoms with E-state index >= 15 is 0 Å². The molecule has 37 heavy (non-hydrogen) atoms. The molecule has 5 aromatic rings. The van der Waals surface area contributed by atoms with E-state index in [4.69, 9.17) is 28.9 Å². The summed E-state index contributed by atoms with van der Waals surface area (Å²) in [6.07, 6.45) is 1.01. The van der Waals surface area contributed by atoms with Crippen LogP contribution < -0.4 is 10.6 Å². The van der Waals surface area contributed by atoms with E-state index in [1.807, 2.05) is 4.90 Å². The number of fused-ring (bicyclic) bond motifs is 2. The van der Waals surface area contributed by atoms with Gasteiger partial charge in [0.2, 0.25) is 5.95 Å². The second-order valence-electron chi connectivity index (χ2n) is 9.14. The molecule has 186 valence electrons. The van der Waals surface area contributed by atoms with E-state index in [2.05, 4.69) is 31.3 Å². The Morgan fingerprint density at radius 1 is 1.11 bits per heavy atom. The normalized spacial score (nSPS) is 15.4. The minimum atomic E-state index is -0.784. The number of aromatic nitrogens is 6. The van der Waals surface area contributed by atoms with E-state index in [0.717, 1.165) is 0 Å². The number of hydrogen-bond donors (Lipinski definition) is 2. The third-order valence-corrected chi connectivity index (χ3v) is 7.81. The fraction of sp³-hybridized carbons (Fsp3) is 0.240. The number of aromatic amines is 1. The van der Waals surface area contributed by atoms with Gasteiger partial charge in [-0.25, -0.2) is 9.37 Å². The van der Waals surface area contributed by atoms with Crippen LogP contribution in [0.3, 0.4) is 0 Å². The van der Waals surface area contributed by atoms with Crippen LogP contribution in [-0.4, -0.2) is 43.0 Å². The van der Waals surface area contributed by atoms with Crippen LogP contribution in [0.25, 0.3) is 33.2 Å². The number of aryl methyl sites for hydroxylation is 1. The topological polar surface area (TPSA) is 125 Å². The number of H-pyrrole nitrogens is 1. The van der Waals surface area contributed by atoms with E-state index in [1.54, 1.807) is 42.1 Å². The van der Waals surface area contributed by atoms with Crippen molar-refractivity contribution in [3.63, 3.8) is 0 Å². The lowest BCUT2D eigenvalue weighted by Crippen LogP contribution is -2.49. The summed E-state index contributed by atoms with van der Waals surface area (Å²) in [5, 5.41) is 23.5. The number of nitriles is 1. The second kappa shape index (κ2) is 8.66. The highest BCUT2D eigenvalue weighted by Gasteiger charge is 2.35. The van der Waals surface area contributed by atoms with Crippen molar-refractivity contribution in [3.8, 4) is 17.3 Å². The predicted octanol–water partition coefficient (Wildman–Crippen LogP) is 4.68. The van der Waals surface area contributed by atoms with Crippen molar-refractivity contribution < 1.29 is 4.39 Å². The van der Waals surface area contributed by atoms with Gasteiger partial charge in [-0.3, -0.25) is 9.78 Å². The van der Waals surface area contributed by atoms with Crippen molar-refractivity contribution >= 4 is 51.1 Å². The Balaban J connectivity index is 1.36. The van der Waals surface area contributed by atoms with Gasteiger partial charge in [0, 0.05) is 36.8 Å². The summed E-state index contributed by atoms with van der Waals surface area (Å²) in [4.78, 5) is 11.1. The van der Waals surface area contributed by atoms with Crippen LogP contribution in [0.5, 0.6) is 0 Å². The molecular formula is C25H20Cl2FN9. The molecule has 1 aliphatic rings. The van der Waals surface area contributed by atoms with Gasteiger partial charge in [-0.2, -0.15) is 20.4 Å². The fourth-order valence-corrected chi connectivity index (χ4v) is 5.59. The third kappa shape index (κ3) is 3.70. The number of hydrogen-bond acceptors (Lipinski definition) is 7. The van der Waals surface area contributed by atoms with Crippen molar-refractivity contribution in [1.82, 2.24) is 29.9 Å². The molecule has 0 bridgehead atoms. The zero-order valence-corrected chi connectivity index (χ0v) is 21.1. The molecule has 1 saturated heterocycles. The number of nitrogens with zero attached hydrogens (tertiary/aromatic N) is 7. The molecule has 0 radical (unpaired) electrons. The largest absolute Gasteiger partial charge is 0.341 e. The Morgan fingerprint density at radius 3 is 2.59 bits per heavy atom. The van der Waals surface area contributed by atoms with Gasteiger partial charge < -0.3 is 10.6 Å². The lowest BCUT2D eigenvalue weighted by Gasteiger charge is -2.39. The molecule has 0 aliphatic carbocycles. The maximum Gasteiger partial charge on any atom is 0.228 e. The highest BCUT2D eigenvalue weighted by molar-refractivity contribution is 6.43. The lowest BCUT2D eigenvalue weighted by molar-refractivity contribution is 0.328. The predicted molar refractivity (Wildman–Crippen MR) is 140 cm³/mol. The van der Waals surface area contributed by atoms with E-state index in [1.165, 1.54) is 6.07 Å². The molecule has 6 rings (SSSR count). The Bertz CT molecular complexity index is 1730. The third-order valence-electron chi connectivity index (χ3n) is 6.99. The quantitative estimate of drug-likeness (QED) is 0.343. The van der Waals surface area contributed by atoms with E-state index in [9.17, 15) is 9.65 Å². The van der Waals surface area contributed by atoms with Crippen molar-refractivity contribution in [3.05, 3.63) is 63.6 Å². The van der Waals surface area contributed by atoms with Crippen LogP contribution in [0.2, 0.25) is 10.2 Å². The average Bonchev–Trinajstić information content (AvgIpc) is 3.45. The molecule has 12 heteroatoms. The standard InChI is InChI=1S/C25H20Cl2FN9/c1-36-22(27)18-16(35-36)7-6-13(20(18)26)21-19-17(12-29)31-24(32-23(19)34-33-21)37-10-8-25(30,9-11-37)14-4-2-3-5-15(14)28/h2-7H,8-11,30H2,1H3,(H,31,32,33,34). The summed E-state index contributed by atoms with van der Waals surface area (Å²) in [6.45, 7) is 1.01. The number of benzene rings is 2. The van der Waals surface area contributed by atoms with Gasteiger partial charge in [0.25, 0.3) is 0 Å². The van der Waals surface area contributed by atoms with Gasteiger partial charge in [-0.05, 0) is 31.0 Å². The first-order valence-corrected chi connectivity index (χ1v) is 12.3. The molecule has 2 aromatic carbocycles. The SMILES string of the molecule is Cn1nc2ccc(-c3n[nH]c4nc(N5CCC(N)(c6ccccc6F)CC5)nc(C#N)c34)c(Cl)c2c1Cl. The summed E-state index contributed by atoms with van der Waals surface area (Å²) in [5.41, 5.74) is 8.57. The average molecular weight is 536 g/mol. The first-order valence-electron chi connectivity index (χ1n) is 11.6. The van der Waals surface area contributed by atoms with Crippen LogP contribution in [0.15, 0.2) is 36.4 Å². The zero-order valence-electron chi connectivity index (χ0n) is 19.6. The van der Waals surface area contributed by atoms with Gasteiger partial charge in [0.05, 0.1) is 21.3 Å². The van der Waals surface area contributed by atoms with Crippen molar-refractivity contribution in [1.29, 1.82) is 5.26 Å². The number of piperidine rings is 1. The van der Waals surface area contributed by atoms with Gasteiger partial charge in [0.15, 0.2) is 11.3 Å². The molecule has 3 aromatic heterocycles. The number of nitrogens with two attached hydrogens (primary N) is 1. The lowest BCUT2D eigenvalue weighted by atomic mass is 9.81. The molecule has 0 spiro atoms. The van der Waals surface area contributed by atoms with Crippen molar-refractivity contribution in [2.45, 2.75) is 18.4 Å². The van der Waals surface area contributed by atoms with Gasteiger partial charge >= 0.3 is 0 Å². The summed E-state index contributed by atoms with van der Waals surface area (Å²) in [7, 11) is 1.73. The zero-order chi connectivity index (χ0) is 25.9. The molecule has 0 saturated carbocycles. The fourth-order valence-electron chi connectivity index (χ4n) is 4.97.